The molecular formula is C20H28N2O12. The van der Waals surface area contributed by atoms with Gasteiger partial charge in [-0.3, -0.25) is 9.59 Å². The molecule has 0 bridgehead atoms. The number of hydrogen-bond donors (Lipinski definition) is 9. The predicted octanol–water partition coefficient (Wildman–Crippen LogP) is -3.13. The first-order valence-electron chi connectivity index (χ1n) is 10.2. The van der Waals surface area contributed by atoms with Crippen molar-refractivity contribution in [1.29, 1.82) is 0 Å². The van der Waals surface area contributed by atoms with Crippen molar-refractivity contribution in [2.75, 3.05) is 6.61 Å². The molecule has 1 aromatic rings. The molecule has 10 N–H and O–H groups in total. The van der Waals surface area contributed by atoms with Crippen LogP contribution in [0.15, 0.2) is 18.2 Å². The zero-order chi connectivity index (χ0) is 25.6. The van der Waals surface area contributed by atoms with Crippen LogP contribution >= 0.6 is 0 Å². The van der Waals surface area contributed by atoms with Crippen LogP contribution in [-0.4, -0.2) is 103 Å². The third-order valence-corrected chi connectivity index (χ3v) is 5.18. The van der Waals surface area contributed by atoms with E-state index in [4.69, 9.17) is 20.3 Å². The highest BCUT2D eigenvalue weighted by molar-refractivity contribution is 5.87. The number of amides is 1. The van der Waals surface area contributed by atoms with Crippen LogP contribution in [0.5, 0.6) is 11.5 Å². The zero-order valence-corrected chi connectivity index (χ0v) is 17.9. The number of nitrogens with two attached hydrogens (primary N) is 1. The Morgan fingerprint density at radius 1 is 1.12 bits per heavy atom. The number of phenolic OH excluding ortho intramolecular Hbond substituents is 1. The summed E-state index contributed by atoms with van der Waals surface area (Å²) >= 11 is 0. The summed E-state index contributed by atoms with van der Waals surface area (Å²) in [4.78, 5) is 34.2. The number of aliphatic hydroxyl groups excluding tert-OH is 4. The van der Waals surface area contributed by atoms with E-state index in [0.29, 0.717) is 0 Å². The molecule has 14 nitrogen and oxygen atoms in total. The van der Waals surface area contributed by atoms with Gasteiger partial charge in [-0.2, -0.15) is 0 Å². The largest absolute Gasteiger partial charge is 0.504 e. The summed E-state index contributed by atoms with van der Waals surface area (Å²) in [6, 6.07) is 1.09. The van der Waals surface area contributed by atoms with E-state index >= 15 is 0 Å². The van der Waals surface area contributed by atoms with E-state index in [0.717, 1.165) is 6.07 Å². The highest BCUT2D eigenvalue weighted by atomic mass is 16.7. The Hall–Kier alpha value is -3.01. The number of carbonyl (C=O) groups is 3. The Morgan fingerprint density at radius 3 is 2.35 bits per heavy atom. The minimum atomic E-state index is -1.70. The van der Waals surface area contributed by atoms with Crippen molar-refractivity contribution in [3.63, 3.8) is 0 Å². The zero-order valence-electron chi connectivity index (χ0n) is 17.9. The molecule has 1 aliphatic heterocycles. The number of aliphatic carboxylic acids is 2. The van der Waals surface area contributed by atoms with Crippen LogP contribution in [-0.2, 0) is 25.5 Å². The molecule has 1 fully saturated rings. The summed E-state index contributed by atoms with van der Waals surface area (Å²) in [5, 5.41) is 69.4. The van der Waals surface area contributed by atoms with Gasteiger partial charge in [0.1, 0.15) is 30.5 Å². The van der Waals surface area contributed by atoms with Gasteiger partial charge in [0.2, 0.25) is 12.2 Å². The van der Waals surface area contributed by atoms with E-state index in [1.807, 2.05) is 0 Å². The summed E-state index contributed by atoms with van der Waals surface area (Å²) in [6.07, 6.45) is -8.53. The second kappa shape index (κ2) is 11.9. The smallest absolute Gasteiger partial charge is 0.326 e. The van der Waals surface area contributed by atoms with Crippen LogP contribution in [0.25, 0.3) is 0 Å². The lowest BCUT2D eigenvalue weighted by Gasteiger charge is -2.39. The average Bonchev–Trinajstić information content (AvgIpc) is 2.78. The molecule has 1 unspecified atom stereocenters. The van der Waals surface area contributed by atoms with Gasteiger partial charge in [0.05, 0.1) is 12.6 Å². The summed E-state index contributed by atoms with van der Waals surface area (Å²) in [7, 11) is 0. The first-order valence-corrected chi connectivity index (χ1v) is 10.2. The molecule has 1 saturated heterocycles. The predicted molar refractivity (Wildman–Crippen MR) is 111 cm³/mol. The van der Waals surface area contributed by atoms with E-state index in [9.17, 15) is 45.0 Å². The molecule has 1 aromatic carbocycles. The first-order chi connectivity index (χ1) is 15.9. The fourth-order valence-electron chi connectivity index (χ4n) is 3.20. The van der Waals surface area contributed by atoms with Gasteiger partial charge in [-0.05, 0) is 24.1 Å². The Balaban J connectivity index is 2.06. The third kappa shape index (κ3) is 6.99. The topological polar surface area (TPSA) is 249 Å². The SMILES string of the molecule is N[C@@H](CCC(=O)O)C(=O)N[C@@H](Cc1ccc(OC2O[C@H](CO)[C@@H](O)[C@H](O)[C@H]2O)c(O)c1)C(=O)O. The van der Waals surface area contributed by atoms with E-state index in [-0.39, 0.29) is 30.6 Å². The van der Waals surface area contributed by atoms with Crippen molar-refractivity contribution >= 4 is 17.8 Å². The van der Waals surface area contributed by atoms with Crippen molar-refractivity contribution in [2.45, 2.75) is 62.1 Å². The van der Waals surface area contributed by atoms with Gasteiger partial charge in [-0.1, -0.05) is 6.07 Å². The van der Waals surface area contributed by atoms with Crippen molar-refractivity contribution in [1.82, 2.24) is 5.32 Å². The first kappa shape index (κ1) is 27.2. The summed E-state index contributed by atoms with van der Waals surface area (Å²) < 4.78 is 10.5. The maximum Gasteiger partial charge on any atom is 0.326 e. The number of carbonyl (C=O) groups excluding carboxylic acids is 1. The lowest BCUT2D eigenvalue weighted by atomic mass is 9.99. The average molecular weight is 488 g/mol. The normalized spacial score (nSPS) is 26.3. The molecule has 1 aliphatic rings. The Kier molecular flexibility index (Phi) is 9.55. The van der Waals surface area contributed by atoms with Gasteiger partial charge < -0.3 is 56.3 Å². The quantitative estimate of drug-likeness (QED) is 0.150. The molecule has 1 heterocycles. The number of carboxylic acid groups (broad SMARTS) is 2. The lowest BCUT2D eigenvalue weighted by Crippen LogP contribution is -2.60. The monoisotopic (exact) mass is 488 g/mol. The van der Waals surface area contributed by atoms with Gasteiger partial charge in [0.25, 0.3) is 0 Å². The van der Waals surface area contributed by atoms with Gasteiger partial charge in [-0.25, -0.2) is 4.79 Å². The second-order valence-corrected chi connectivity index (χ2v) is 7.76. The van der Waals surface area contributed by atoms with Crippen molar-refractivity contribution in [2.24, 2.45) is 5.73 Å². The summed E-state index contributed by atoms with van der Waals surface area (Å²) in [6.45, 7) is -0.669. The lowest BCUT2D eigenvalue weighted by molar-refractivity contribution is -0.277. The molecule has 190 valence electrons. The van der Waals surface area contributed by atoms with Crippen LogP contribution in [0.1, 0.15) is 18.4 Å². The van der Waals surface area contributed by atoms with E-state index in [1.54, 1.807) is 0 Å². The van der Waals surface area contributed by atoms with Crippen LogP contribution in [0.2, 0.25) is 0 Å². The van der Waals surface area contributed by atoms with Crippen molar-refractivity contribution in [3.8, 4) is 11.5 Å². The van der Waals surface area contributed by atoms with Crippen LogP contribution in [0.3, 0.4) is 0 Å². The Morgan fingerprint density at radius 2 is 1.79 bits per heavy atom. The minimum Gasteiger partial charge on any atom is -0.504 e. The van der Waals surface area contributed by atoms with E-state index < -0.39 is 73.0 Å². The van der Waals surface area contributed by atoms with Crippen molar-refractivity contribution in [3.05, 3.63) is 23.8 Å². The van der Waals surface area contributed by atoms with Gasteiger partial charge in [0, 0.05) is 12.8 Å². The summed E-state index contributed by atoms with van der Waals surface area (Å²) in [5.74, 6) is -4.08. The van der Waals surface area contributed by atoms with Crippen molar-refractivity contribution < 1.29 is 59.6 Å². The van der Waals surface area contributed by atoms with Crippen LogP contribution in [0, 0.1) is 0 Å². The van der Waals surface area contributed by atoms with Gasteiger partial charge >= 0.3 is 11.9 Å². The molecule has 2 rings (SSSR count). The maximum absolute atomic E-state index is 12.1. The fraction of sp³-hybridized carbons (Fsp3) is 0.550. The standard InChI is InChI=1S/C20H28N2O12/c21-9(2-4-14(25)26)18(30)22-10(19(31)32)5-8-1-3-12(11(24)6-8)33-20-17(29)16(28)15(27)13(7-23)34-20/h1,3,6,9-10,13,15-17,20,23-24,27-29H,2,4-5,7,21H2,(H,22,30)(H,25,26)(H,31,32)/t9-,10-,13+,15+,16-,17+,20?/m0/s1. The summed E-state index contributed by atoms with van der Waals surface area (Å²) in [5.41, 5.74) is 5.85. The molecule has 0 aromatic heterocycles. The molecule has 14 heteroatoms. The van der Waals surface area contributed by atoms with Crippen LogP contribution < -0.4 is 15.8 Å². The van der Waals surface area contributed by atoms with E-state index in [1.165, 1.54) is 12.1 Å². The Bertz CT molecular complexity index is 879. The van der Waals surface area contributed by atoms with Crippen LogP contribution in [0.4, 0.5) is 0 Å². The highest BCUT2D eigenvalue weighted by Gasteiger charge is 2.45. The molecule has 0 radical (unpaired) electrons. The molecule has 34 heavy (non-hydrogen) atoms. The highest BCUT2D eigenvalue weighted by Crippen LogP contribution is 2.31. The molecule has 7 atom stereocenters. The number of hydrogen-bond acceptors (Lipinski definition) is 11. The van der Waals surface area contributed by atoms with Gasteiger partial charge in [-0.15, -0.1) is 0 Å². The fourth-order valence-corrected chi connectivity index (χ4v) is 3.20. The maximum atomic E-state index is 12.1. The number of aromatic hydroxyl groups is 1. The Labute approximate surface area is 193 Å². The molecule has 0 saturated carbocycles. The minimum absolute atomic E-state index is 0.182. The number of carboxylic acids is 2. The number of rotatable bonds is 11. The second-order valence-electron chi connectivity index (χ2n) is 7.76. The molecule has 1 amide bonds. The molecule has 0 spiro atoms. The number of phenols is 1. The number of nitrogens with one attached hydrogen (secondary N) is 1. The number of ether oxygens (including phenoxy) is 2. The molecule has 0 aliphatic carbocycles. The van der Waals surface area contributed by atoms with Gasteiger partial charge in [0.15, 0.2) is 11.5 Å². The number of benzene rings is 1. The molecular weight excluding hydrogens is 460 g/mol. The number of aliphatic hydroxyl groups is 4. The third-order valence-electron chi connectivity index (χ3n) is 5.18. The van der Waals surface area contributed by atoms with E-state index in [2.05, 4.69) is 5.32 Å².